The van der Waals surface area contributed by atoms with Gasteiger partial charge < -0.3 is 4.74 Å². The summed E-state index contributed by atoms with van der Waals surface area (Å²) in [6, 6.07) is 9.59. The van der Waals surface area contributed by atoms with E-state index in [0.29, 0.717) is 17.1 Å². The fourth-order valence-corrected chi connectivity index (χ4v) is 1.36. The Morgan fingerprint density at radius 3 is 2.65 bits per heavy atom. The molecule has 0 saturated carbocycles. The number of non-ortho nitro benzene ring substituents is 1. The van der Waals surface area contributed by atoms with Crippen LogP contribution in [-0.2, 0) is 0 Å². The van der Waals surface area contributed by atoms with Crippen LogP contribution in [0.5, 0.6) is 5.88 Å². The van der Waals surface area contributed by atoms with E-state index in [4.69, 9.17) is 4.74 Å². The molecular formula is C11H9N3O3. The molecule has 86 valence electrons. The summed E-state index contributed by atoms with van der Waals surface area (Å²) in [4.78, 5) is 10.2. The Balaban J connectivity index is 2.38. The Hall–Kier alpha value is -2.50. The number of nitro benzene ring substituents is 1. The van der Waals surface area contributed by atoms with Crippen molar-refractivity contribution in [2.75, 3.05) is 7.11 Å². The third-order valence-corrected chi connectivity index (χ3v) is 2.20. The van der Waals surface area contributed by atoms with E-state index in [9.17, 15) is 10.1 Å². The number of rotatable bonds is 3. The van der Waals surface area contributed by atoms with E-state index in [1.54, 1.807) is 24.3 Å². The van der Waals surface area contributed by atoms with Crippen LogP contribution in [-0.4, -0.2) is 22.2 Å². The van der Waals surface area contributed by atoms with Crippen molar-refractivity contribution >= 4 is 5.69 Å². The number of benzene rings is 1. The monoisotopic (exact) mass is 231 g/mol. The van der Waals surface area contributed by atoms with E-state index in [1.165, 1.54) is 19.2 Å². The zero-order valence-electron chi connectivity index (χ0n) is 9.03. The van der Waals surface area contributed by atoms with Gasteiger partial charge in [0.1, 0.15) is 0 Å². The van der Waals surface area contributed by atoms with Crippen molar-refractivity contribution < 1.29 is 9.66 Å². The SMILES string of the molecule is COc1ccc(-c2cccc([N+](=O)[O-])c2)nn1. The Morgan fingerprint density at radius 1 is 1.24 bits per heavy atom. The van der Waals surface area contributed by atoms with Crippen LogP contribution in [0.4, 0.5) is 5.69 Å². The van der Waals surface area contributed by atoms with Gasteiger partial charge in [0.15, 0.2) is 0 Å². The lowest BCUT2D eigenvalue weighted by Gasteiger charge is -2.01. The molecule has 1 aromatic carbocycles. The standard InChI is InChI=1S/C11H9N3O3/c1-17-11-6-5-10(12-13-11)8-3-2-4-9(7-8)14(15)16/h2-7H,1H3. The van der Waals surface area contributed by atoms with E-state index in [2.05, 4.69) is 10.2 Å². The van der Waals surface area contributed by atoms with Gasteiger partial charge in [0, 0.05) is 23.8 Å². The maximum absolute atomic E-state index is 10.6. The predicted molar refractivity (Wildman–Crippen MR) is 60.7 cm³/mol. The second-order valence-electron chi connectivity index (χ2n) is 3.27. The predicted octanol–water partition coefficient (Wildman–Crippen LogP) is 2.06. The van der Waals surface area contributed by atoms with Crippen LogP contribution >= 0.6 is 0 Å². The van der Waals surface area contributed by atoms with Crippen LogP contribution in [0.25, 0.3) is 11.3 Å². The summed E-state index contributed by atoms with van der Waals surface area (Å²) < 4.78 is 4.89. The average Bonchev–Trinajstić information content (AvgIpc) is 2.39. The minimum Gasteiger partial charge on any atom is -0.480 e. The average molecular weight is 231 g/mol. The normalized spacial score (nSPS) is 9.94. The van der Waals surface area contributed by atoms with Gasteiger partial charge in [0.2, 0.25) is 5.88 Å². The largest absolute Gasteiger partial charge is 0.480 e. The molecule has 0 N–H and O–H groups in total. The zero-order chi connectivity index (χ0) is 12.3. The summed E-state index contributed by atoms with van der Waals surface area (Å²) in [5.74, 6) is 0.402. The molecular weight excluding hydrogens is 222 g/mol. The first-order valence-corrected chi connectivity index (χ1v) is 4.83. The van der Waals surface area contributed by atoms with Crippen molar-refractivity contribution in [1.29, 1.82) is 0 Å². The lowest BCUT2D eigenvalue weighted by atomic mass is 10.1. The molecule has 2 rings (SSSR count). The third kappa shape index (κ3) is 2.36. The minimum atomic E-state index is -0.444. The highest BCUT2D eigenvalue weighted by atomic mass is 16.6. The maximum Gasteiger partial charge on any atom is 0.270 e. The highest BCUT2D eigenvalue weighted by Gasteiger charge is 2.08. The molecule has 0 amide bonds. The molecule has 0 aliphatic heterocycles. The van der Waals surface area contributed by atoms with Gasteiger partial charge in [0.25, 0.3) is 5.69 Å². The Kier molecular flexibility index (Phi) is 2.95. The quantitative estimate of drug-likeness (QED) is 0.596. The summed E-state index contributed by atoms with van der Waals surface area (Å²) in [6.45, 7) is 0. The van der Waals surface area contributed by atoms with Crippen LogP contribution in [0.3, 0.4) is 0 Å². The van der Waals surface area contributed by atoms with Crippen molar-refractivity contribution in [1.82, 2.24) is 10.2 Å². The van der Waals surface area contributed by atoms with Crippen molar-refractivity contribution in [3.63, 3.8) is 0 Å². The van der Waals surface area contributed by atoms with Gasteiger partial charge >= 0.3 is 0 Å². The summed E-state index contributed by atoms with van der Waals surface area (Å²) in [5.41, 5.74) is 1.24. The third-order valence-electron chi connectivity index (χ3n) is 2.20. The van der Waals surface area contributed by atoms with Gasteiger partial charge in [0.05, 0.1) is 17.7 Å². The number of hydrogen-bond donors (Lipinski definition) is 0. The first kappa shape index (κ1) is 11.0. The summed E-state index contributed by atoms with van der Waals surface area (Å²) >= 11 is 0. The first-order chi connectivity index (χ1) is 8.20. The van der Waals surface area contributed by atoms with Crippen molar-refractivity contribution in [3.8, 4) is 17.1 Å². The van der Waals surface area contributed by atoms with Gasteiger partial charge in [-0.25, -0.2) is 0 Å². The van der Waals surface area contributed by atoms with Gasteiger partial charge in [-0.05, 0) is 6.07 Å². The van der Waals surface area contributed by atoms with Crippen LogP contribution < -0.4 is 4.74 Å². The number of nitro groups is 1. The summed E-state index contributed by atoms with van der Waals surface area (Å²) in [7, 11) is 1.50. The molecule has 0 saturated heterocycles. The van der Waals surface area contributed by atoms with Crippen molar-refractivity contribution in [2.45, 2.75) is 0 Å². The van der Waals surface area contributed by atoms with Gasteiger partial charge in [-0.3, -0.25) is 10.1 Å². The van der Waals surface area contributed by atoms with Crippen LogP contribution in [0.1, 0.15) is 0 Å². The molecule has 0 radical (unpaired) electrons. The molecule has 0 aliphatic rings. The van der Waals surface area contributed by atoms with Gasteiger partial charge in [-0.2, -0.15) is 0 Å². The number of ether oxygens (including phenoxy) is 1. The van der Waals surface area contributed by atoms with Crippen LogP contribution in [0.15, 0.2) is 36.4 Å². The van der Waals surface area contributed by atoms with Crippen LogP contribution in [0.2, 0.25) is 0 Å². The molecule has 6 nitrogen and oxygen atoms in total. The Bertz CT molecular complexity index is 540. The maximum atomic E-state index is 10.6. The number of methoxy groups -OCH3 is 1. The van der Waals surface area contributed by atoms with Gasteiger partial charge in [-0.1, -0.05) is 12.1 Å². The van der Waals surface area contributed by atoms with E-state index in [1.807, 2.05) is 0 Å². The summed E-state index contributed by atoms with van der Waals surface area (Å²) in [6.07, 6.45) is 0. The molecule has 17 heavy (non-hydrogen) atoms. The molecule has 6 heteroatoms. The summed E-state index contributed by atoms with van der Waals surface area (Å²) in [5, 5.41) is 18.4. The second-order valence-corrected chi connectivity index (χ2v) is 3.27. The van der Waals surface area contributed by atoms with E-state index < -0.39 is 4.92 Å². The molecule has 0 fully saturated rings. The smallest absolute Gasteiger partial charge is 0.270 e. The topological polar surface area (TPSA) is 78.2 Å². The highest BCUT2D eigenvalue weighted by Crippen LogP contribution is 2.22. The number of aromatic nitrogens is 2. The number of nitrogens with zero attached hydrogens (tertiary/aromatic N) is 3. The Morgan fingerprint density at radius 2 is 2.06 bits per heavy atom. The second kappa shape index (κ2) is 4.56. The van der Waals surface area contributed by atoms with Gasteiger partial charge in [-0.15, -0.1) is 10.2 Å². The highest BCUT2D eigenvalue weighted by molar-refractivity contribution is 5.62. The molecule has 2 aromatic rings. The first-order valence-electron chi connectivity index (χ1n) is 4.83. The van der Waals surface area contributed by atoms with E-state index >= 15 is 0 Å². The van der Waals surface area contributed by atoms with E-state index in [-0.39, 0.29) is 5.69 Å². The zero-order valence-corrected chi connectivity index (χ0v) is 9.03. The lowest BCUT2D eigenvalue weighted by Crippen LogP contribution is -1.93. The molecule has 0 atom stereocenters. The Labute approximate surface area is 97.0 Å². The van der Waals surface area contributed by atoms with E-state index in [0.717, 1.165) is 0 Å². The molecule has 0 bridgehead atoms. The molecule has 0 aliphatic carbocycles. The minimum absolute atomic E-state index is 0.0279. The molecule has 0 unspecified atom stereocenters. The molecule has 1 aromatic heterocycles. The van der Waals surface area contributed by atoms with Crippen molar-refractivity contribution in [3.05, 3.63) is 46.5 Å². The molecule has 0 spiro atoms. The van der Waals surface area contributed by atoms with Crippen molar-refractivity contribution in [2.24, 2.45) is 0 Å². The molecule has 1 heterocycles. The fourth-order valence-electron chi connectivity index (χ4n) is 1.36. The lowest BCUT2D eigenvalue weighted by molar-refractivity contribution is -0.384. The number of hydrogen-bond acceptors (Lipinski definition) is 5. The fraction of sp³-hybridized carbons (Fsp3) is 0.0909. The van der Waals surface area contributed by atoms with Crippen LogP contribution in [0, 0.1) is 10.1 Å².